The van der Waals surface area contributed by atoms with Gasteiger partial charge in [0.1, 0.15) is 0 Å². The van der Waals surface area contributed by atoms with Crippen LogP contribution in [0.4, 0.5) is 0 Å². The predicted molar refractivity (Wildman–Crippen MR) is 29.5 cm³/mol. The van der Waals surface area contributed by atoms with E-state index in [1.165, 1.54) is 0 Å². The lowest BCUT2D eigenvalue weighted by atomic mass is 10.8. The molecule has 1 aromatic rings. The summed E-state index contributed by atoms with van der Waals surface area (Å²) in [6, 6.07) is 0. The van der Waals surface area contributed by atoms with Crippen molar-refractivity contribution in [2.24, 2.45) is 0 Å². The molecule has 0 aliphatic carbocycles. The standard InChI is InChI=1S/C3Cl2N2O2/c4-1(8)2-6-7-3(5)9-2. The zero-order valence-electron chi connectivity index (χ0n) is 3.97. The van der Waals surface area contributed by atoms with Crippen LogP contribution < -0.4 is 0 Å². The Hall–Kier alpha value is -0.610. The summed E-state index contributed by atoms with van der Waals surface area (Å²) >= 11 is 10.1. The van der Waals surface area contributed by atoms with E-state index < -0.39 is 5.24 Å². The number of aromatic nitrogens is 2. The smallest absolute Gasteiger partial charge is 0.313 e. The summed E-state index contributed by atoms with van der Waals surface area (Å²) in [6.45, 7) is 0. The fraction of sp³-hybridized carbons (Fsp3) is 0. The number of hydrogen-bond donors (Lipinski definition) is 0. The van der Waals surface area contributed by atoms with Crippen LogP contribution in [0.2, 0.25) is 5.35 Å². The molecule has 0 saturated carbocycles. The lowest BCUT2D eigenvalue weighted by Gasteiger charge is -1.74. The van der Waals surface area contributed by atoms with Gasteiger partial charge in [0.05, 0.1) is 0 Å². The fourth-order valence-corrected chi connectivity index (χ4v) is 0.472. The highest BCUT2D eigenvalue weighted by Gasteiger charge is 2.09. The Balaban J connectivity index is 2.98. The van der Waals surface area contributed by atoms with Gasteiger partial charge in [-0.1, -0.05) is 5.10 Å². The van der Waals surface area contributed by atoms with Crippen molar-refractivity contribution in [3.63, 3.8) is 0 Å². The molecule has 0 saturated heterocycles. The number of carbonyl (C=O) groups is 1. The topological polar surface area (TPSA) is 56.0 Å². The van der Waals surface area contributed by atoms with Crippen LogP contribution in [0.25, 0.3) is 0 Å². The van der Waals surface area contributed by atoms with E-state index in [2.05, 4.69) is 14.6 Å². The first-order valence-electron chi connectivity index (χ1n) is 1.89. The number of hydrogen-bond acceptors (Lipinski definition) is 4. The van der Waals surface area contributed by atoms with Crippen LogP contribution in [0.1, 0.15) is 10.7 Å². The van der Waals surface area contributed by atoms with Gasteiger partial charge in [0.15, 0.2) is 0 Å². The molecular weight excluding hydrogens is 167 g/mol. The summed E-state index contributed by atoms with van der Waals surface area (Å²) in [5.41, 5.74) is 0. The molecule has 0 fully saturated rings. The molecule has 6 heteroatoms. The van der Waals surface area contributed by atoms with E-state index in [9.17, 15) is 4.79 Å². The molecule has 1 aromatic heterocycles. The molecule has 0 aromatic carbocycles. The van der Waals surface area contributed by atoms with Crippen LogP contribution >= 0.6 is 23.2 Å². The van der Waals surface area contributed by atoms with Crippen LogP contribution in [0.15, 0.2) is 4.42 Å². The van der Waals surface area contributed by atoms with Crippen molar-refractivity contribution in [3.8, 4) is 0 Å². The highest BCUT2D eigenvalue weighted by molar-refractivity contribution is 6.67. The largest absolute Gasteiger partial charge is 0.404 e. The molecule has 48 valence electrons. The minimum Gasteiger partial charge on any atom is -0.404 e. The van der Waals surface area contributed by atoms with Gasteiger partial charge in [0.2, 0.25) is 0 Å². The van der Waals surface area contributed by atoms with Crippen LogP contribution in [0.5, 0.6) is 0 Å². The number of rotatable bonds is 1. The zero-order valence-corrected chi connectivity index (χ0v) is 5.48. The van der Waals surface area contributed by atoms with Crippen molar-refractivity contribution in [2.75, 3.05) is 0 Å². The third-order valence-corrected chi connectivity index (χ3v) is 0.883. The highest BCUT2D eigenvalue weighted by Crippen LogP contribution is 2.06. The van der Waals surface area contributed by atoms with Crippen molar-refractivity contribution in [1.29, 1.82) is 0 Å². The maximum Gasteiger partial charge on any atom is 0.313 e. The molecule has 0 radical (unpaired) electrons. The quantitative estimate of drug-likeness (QED) is 0.587. The molecule has 0 aliphatic heterocycles. The van der Waals surface area contributed by atoms with Crippen molar-refractivity contribution in [2.45, 2.75) is 0 Å². The van der Waals surface area contributed by atoms with Gasteiger partial charge in [-0.25, -0.2) is 0 Å². The molecule has 0 N–H and O–H groups in total. The Kier molecular flexibility index (Phi) is 1.68. The van der Waals surface area contributed by atoms with Crippen LogP contribution in [0.3, 0.4) is 0 Å². The zero-order chi connectivity index (χ0) is 6.85. The number of nitrogens with zero attached hydrogens (tertiary/aromatic N) is 2. The second-order valence-electron chi connectivity index (χ2n) is 1.13. The molecule has 0 amide bonds. The molecule has 0 aliphatic rings. The van der Waals surface area contributed by atoms with Gasteiger partial charge in [-0.05, 0) is 23.2 Å². The fourth-order valence-electron chi connectivity index (χ4n) is 0.285. The van der Waals surface area contributed by atoms with E-state index in [1.807, 2.05) is 0 Å². The first kappa shape index (κ1) is 6.51. The SMILES string of the molecule is O=C(Cl)c1nnc(Cl)o1. The monoisotopic (exact) mass is 166 g/mol. The molecule has 0 unspecified atom stereocenters. The van der Waals surface area contributed by atoms with Gasteiger partial charge in [-0.2, -0.15) is 0 Å². The Morgan fingerprint density at radius 1 is 1.56 bits per heavy atom. The van der Waals surface area contributed by atoms with Gasteiger partial charge in [-0.3, -0.25) is 4.79 Å². The average Bonchev–Trinajstić information content (AvgIpc) is 2.14. The highest BCUT2D eigenvalue weighted by atomic mass is 35.5. The summed E-state index contributed by atoms with van der Waals surface area (Å²) in [6.07, 6.45) is 0. The molecule has 0 bridgehead atoms. The lowest BCUT2D eigenvalue weighted by Crippen LogP contribution is -1.86. The summed E-state index contributed by atoms with van der Waals surface area (Å²) in [5, 5.41) is 5.36. The van der Waals surface area contributed by atoms with Crippen molar-refractivity contribution >= 4 is 28.4 Å². The maximum atomic E-state index is 10.2. The van der Waals surface area contributed by atoms with Crippen molar-refractivity contribution < 1.29 is 9.21 Å². The van der Waals surface area contributed by atoms with Gasteiger partial charge >= 0.3 is 16.5 Å². The summed E-state index contributed by atoms with van der Waals surface area (Å²) in [4.78, 5) is 10.2. The molecule has 0 spiro atoms. The minimum atomic E-state index is -0.811. The lowest BCUT2D eigenvalue weighted by molar-refractivity contribution is 0.105. The van der Waals surface area contributed by atoms with Crippen LogP contribution in [-0.2, 0) is 0 Å². The average molecular weight is 167 g/mol. The van der Waals surface area contributed by atoms with E-state index in [4.69, 9.17) is 23.2 Å². The van der Waals surface area contributed by atoms with E-state index in [0.29, 0.717) is 0 Å². The summed E-state index contributed by atoms with van der Waals surface area (Å²) in [7, 11) is 0. The molecular formula is C3Cl2N2O2. The number of halogens is 2. The summed E-state index contributed by atoms with van der Waals surface area (Å²) in [5.74, 6) is -0.290. The summed E-state index contributed by atoms with van der Waals surface area (Å²) < 4.78 is 4.41. The molecule has 9 heavy (non-hydrogen) atoms. The predicted octanol–water partition coefficient (Wildman–Crippen LogP) is 1.10. The van der Waals surface area contributed by atoms with E-state index in [0.717, 1.165) is 0 Å². The maximum absolute atomic E-state index is 10.2. The van der Waals surface area contributed by atoms with Gasteiger partial charge < -0.3 is 4.42 Å². The first-order valence-corrected chi connectivity index (χ1v) is 2.64. The Morgan fingerprint density at radius 2 is 2.22 bits per heavy atom. The van der Waals surface area contributed by atoms with Crippen LogP contribution in [0, 0.1) is 0 Å². The molecule has 1 rings (SSSR count). The normalized spacial score (nSPS) is 9.56. The molecule has 1 heterocycles. The third kappa shape index (κ3) is 1.40. The van der Waals surface area contributed by atoms with E-state index in [-0.39, 0.29) is 11.2 Å². The third-order valence-electron chi connectivity index (χ3n) is 0.568. The second kappa shape index (κ2) is 2.33. The minimum absolute atomic E-state index is 0.195. The van der Waals surface area contributed by atoms with Gasteiger partial charge in [0, 0.05) is 0 Å². The number of carbonyl (C=O) groups excluding carboxylic acids is 1. The van der Waals surface area contributed by atoms with Gasteiger partial charge in [-0.15, -0.1) is 5.10 Å². The van der Waals surface area contributed by atoms with E-state index in [1.54, 1.807) is 0 Å². The Labute approximate surface area is 59.8 Å². The van der Waals surface area contributed by atoms with Gasteiger partial charge in [0.25, 0.3) is 0 Å². The van der Waals surface area contributed by atoms with Crippen molar-refractivity contribution in [3.05, 3.63) is 11.2 Å². The molecule has 4 nitrogen and oxygen atoms in total. The van der Waals surface area contributed by atoms with Crippen LogP contribution in [-0.4, -0.2) is 15.4 Å². The Bertz CT molecular complexity index is 233. The Morgan fingerprint density at radius 3 is 2.44 bits per heavy atom. The second-order valence-corrected chi connectivity index (χ2v) is 1.80. The van der Waals surface area contributed by atoms with Crippen molar-refractivity contribution in [1.82, 2.24) is 10.2 Å². The molecule has 0 atom stereocenters. The first-order chi connectivity index (χ1) is 4.20. The van der Waals surface area contributed by atoms with E-state index >= 15 is 0 Å².